The van der Waals surface area contributed by atoms with Crippen molar-refractivity contribution < 1.29 is 22.7 Å². The Morgan fingerprint density at radius 1 is 1.16 bits per heavy atom. The van der Waals surface area contributed by atoms with E-state index in [1.54, 1.807) is 17.0 Å². The number of nitrogens with one attached hydrogen (secondary N) is 1. The number of carbonyl (C=O) groups is 2. The predicted molar refractivity (Wildman–Crippen MR) is 118 cm³/mol. The number of sulfonamides is 1. The number of amides is 1. The highest BCUT2D eigenvalue weighted by atomic mass is 32.2. The molecule has 31 heavy (non-hydrogen) atoms. The van der Waals surface area contributed by atoms with E-state index in [0.29, 0.717) is 25.2 Å². The van der Waals surface area contributed by atoms with Gasteiger partial charge in [-0.2, -0.15) is 0 Å². The highest BCUT2D eigenvalue weighted by Gasteiger charge is 2.21. The number of likely N-dealkylation sites (tertiary alicyclic amines) is 1. The lowest BCUT2D eigenvalue weighted by molar-refractivity contribution is -0.128. The summed E-state index contributed by atoms with van der Waals surface area (Å²) in [5.41, 5.74) is 1.76. The Morgan fingerprint density at radius 3 is 2.61 bits per heavy atom. The van der Waals surface area contributed by atoms with E-state index < -0.39 is 16.0 Å². The first-order valence-corrected chi connectivity index (χ1v) is 12.0. The summed E-state index contributed by atoms with van der Waals surface area (Å²) in [6, 6.07) is 13.0. The van der Waals surface area contributed by atoms with Crippen molar-refractivity contribution in [2.75, 3.05) is 24.4 Å². The largest absolute Gasteiger partial charge is 0.460 e. The number of ether oxygens (including phenoxy) is 1. The first-order chi connectivity index (χ1) is 14.9. The molecule has 0 radical (unpaired) electrons. The molecule has 0 aromatic heterocycles. The zero-order chi connectivity index (χ0) is 22.3. The van der Waals surface area contributed by atoms with Crippen LogP contribution in [0.3, 0.4) is 0 Å². The molecule has 7 nitrogen and oxygen atoms in total. The number of carbonyl (C=O) groups excluding carboxylic acids is 2. The van der Waals surface area contributed by atoms with Crippen molar-refractivity contribution in [1.29, 1.82) is 0 Å². The van der Waals surface area contributed by atoms with E-state index in [1.807, 2.05) is 12.1 Å². The summed E-state index contributed by atoms with van der Waals surface area (Å²) in [6.45, 7) is 3.22. The first kappa shape index (κ1) is 22.8. The molecule has 0 unspecified atom stereocenters. The van der Waals surface area contributed by atoms with Gasteiger partial charge in [-0.3, -0.25) is 9.52 Å². The molecule has 0 spiro atoms. The van der Waals surface area contributed by atoms with Crippen LogP contribution in [-0.4, -0.2) is 44.9 Å². The minimum Gasteiger partial charge on any atom is -0.460 e. The lowest BCUT2D eigenvalue weighted by Crippen LogP contribution is -2.29. The van der Waals surface area contributed by atoms with Crippen LogP contribution < -0.4 is 4.72 Å². The molecule has 1 amide bonds. The normalized spacial score (nSPS) is 14.0. The van der Waals surface area contributed by atoms with Gasteiger partial charge in [-0.25, -0.2) is 13.2 Å². The molecule has 1 saturated heterocycles. The predicted octanol–water partition coefficient (Wildman–Crippen LogP) is 3.61. The van der Waals surface area contributed by atoms with E-state index in [9.17, 15) is 18.0 Å². The summed E-state index contributed by atoms with van der Waals surface area (Å²) in [5, 5.41) is 0. The van der Waals surface area contributed by atoms with Crippen LogP contribution in [0, 0.1) is 0 Å². The Morgan fingerprint density at radius 2 is 1.94 bits per heavy atom. The summed E-state index contributed by atoms with van der Waals surface area (Å²) in [5.74, 6) is -0.558. The molecule has 3 rings (SSSR count). The van der Waals surface area contributed by atoms with Crippen molar-refractivity contribution >= 4 is 27.6 Å². The molecule has 0 bridgehead atoms. The Hall–Kier alpha value is -2.87. The zero-order valence-corrected chi connectivity index (χ0v) is 18.5. The van der Waals surface area contributed by atoms with Gasteiger partial charge in [0, 0.05) is 18.7 Å². The van der Waals surface area contributed by atoms with Crippen LogP contribution in [0.15, 0.2) is 53.4 Å². The summed E-state index contributed by atoms with van der Waals surface area (Å²) >= 11 is 0. The van der Waals surface area contributed by atoms with Gasteiger partial charge in [0.05, 0.1) is 17.0 Å². The Labute approximate surface area is 183 Å². The number of nitrogens with zero attached hydrogens (tertiary/aromatic N) is 1. The van der Waals surface area contributed by atoms with Crippen LogP contribution in [-0.2, 0) is 26.0 Å². The monoisotopic (exact) mass is 444 g/mol. The third kappa shape index (κ3) is 6.30. The average molecular weight is 445 g/mol. The average Bonchev–Trinajstić information content (AvgIpc) is 3.17. The van der Waals surface area contributed by atoms with Gasteiger partial charge in [-0.1, -0.05) is 31.5 Å². The van der Waals surface area contributed by atoms with Crippen molar-refractivity contribution in [3.63, 3.8) is 0 Å². The number of esters is 1. The molecule has 1 N–H and O–H groups in total. The van der Waals surface area contributed by atoms with Gasteiger partial charge in [-0.15, -0.1) is 0 Å². The number of rotatable bonds is 10. The van der Waals surface area contributed by atoms with Crippen LogP contribution in [0.4, 0.5) is 5.69 Å². The van der Waals surface area contributed by atoms with Crippen LogP contribution in [0.5, 0.6) is 0 Å². The number of unbranched alkanes of at least 4 members (excludes halogenated alkanes) is 1. The highest BCUT2D eigenvalue weighted by molar-refractivity contribution is 7.92. The second-order valence-electron chi connectivity index (χ2n) is 7.55. The van der Waals surface area contributed by atoms with E-state index in [-0.39, 0.29) is 23.0 Å². The standard InChI is InChI=1S/C23H28N2O5S/c1-2-3-6-18-10-12-20(13-11-18)24-31(28,29)21-8-4-7-19(17-21)23(27)30-16-15-25-14-5-9-22(25)26/h4,7-8,10-13,17,24H,2-3,5-6,9,14-16H2,1H3. The highest BCUT2D eigenvalue weighted by Crippen LogP contribution is 2.19. The van der Waals surface area contributed by atoms with E-state index >= 15 is 0 Å². The van der Waals surface area contributed by atoms with Crippen molar-refractivity contribution in [1.82, 2.24) is 4.90 Å². The van der Waals surface area contributed by atoms with Gasteiger partial charge in [0.25, 0.3) is 10.0 Å². The zero-order valence-electron chi connectivity index (χ0n) is 17.7. The van der Waals surface area contributed by atoms with E-state index in [4.69, 9.17) is 4.74 Å². The summed E-state index contributed by atoms with van der Waals surface area (Å²) in [7, 11) is -3.85. The number of benzene rings is 2. The second kappa shape index (κ2) is 10.4. The number of anilines is 1. The summed E-state index contributed by atoms with van der Waals surface area (Å²) < 4.78 is 33.3. The van der Waals surface area contributed by atoms with Gasteiger partial charge < -0.3 is 9.64 Å². The molecular formula is C23H28N2O5S. The summed E-state index contributed by atoms with van der Waals surface area (Å²) in [6.07, 6.45) is 4.49. The third-order valence-corrected chi connectivity index (χ3v) is 6.55. The van der Waals surface area contributed by atoms with Crippen molar-refractivity contribution in [2.24, 2.45) is 0 Å². The maximum atomic E-state index is 12.8. The molecule has 1 aliphatic heterocycles. The van der Waals surface area contributed by atoms with Gasteiger partial charge in [0.15, 0.2) is 0 Å². The minimum atomic E-state index is -3.85. The topological polar surface area (TPSA) is 92.8 Å². The van der Waals surface area contributed by atoms with Gasteiger partial charge in [0.1, 0.15) is 6.61 Å². The third-order valence-electron chi connectivity index (χ3n) is 5.17. The van der Waals surface area contributed by atoms with Crippen LogP contribution in [0.2, 0.25) is 0 Å². The van der Waals surface area contributed by atoms with E-state index in [1.165, 1.54) is 24.3 Å². The Balaban J connectivity index is 1.61. The maximum Gasteiger partial charge on any atom is 0.338 e. The molecule has 0 atom stereocenters. The fraction of sp³-hybridized carbons (Fsp3) is 0.391. The molecule has 0 aliphatic carbocycles. The SMILES string of the molecule is CCCCc1ccc(NS(=O)(=O)c2cccc(C(=O)OCCN3CCCC3=O)c2)cc1. The van der Waals surface area contributed by atoms with E-state index in [0.717, 1.165) is 31.2 Å². The van der Waals surface area contributed by atoms with Crippen LogP contribution in [0.1, 0.15) is 48.5 Å². The Kier molecular flexibility index (Phi) is 7.68. The number of hydrogen-bond donors (Lipinski definition) is 1. The number of aryl methyl sites for hydroxylation is 1. The molecule has 1 heterocycles. The van der Waals surface area contributed by atoms with Crippen molar-refractivity contribution in [3.8, 4) is 0 Å². The lowest BCUT2D eigenvalue weighted by Gasteiger charge is -2.15. The Bertz CT molecular complexity index is 1020. The molecule has 0 saturated carbocycles. The fourth-order valence-corrected chi connectivity index (χ4v) is 4.50. The van der Waals surface area contributed by atoms with Crippen molar-refractivity contribution in [2.45, 2.75) is 43.9 Å². The first-order valence-electron chi connectivity index (χ1n) is 10.6. The lowest BCUT2D eigenvalue weighted by atomic mass is 10.1. The molecule has 8 heteroatoms. The molecule has 2 aromatic rings. The molecular weight excluding hydrogens is 416 g/mol. The molecule has 1 fully saturated rings. The minimum absolute atomic E-state index is 0.0215. The van der Waals surface area contributed by atoms with E-state index in [2.05, 4.69) is 11.6 Å². The summed E-state index contributed by atoms with van der Waals surface area (Å²) in [4.78, 5) is 25.6. The van der Waals surface area contributed by atoms with Gasteiger partial charge >= 0.3 is 5.97 Å². The van der Waals surface area contributed by atoms with Crippen LogP contribution >= 0.6 is 0 Å². The smallest absolute Gasteiger partial charge is 0.338 e. The molecule has 1 aliphatic rings. The van der Waals surface area contributed by atoms with Gasteiger partial charge in [0.2, 0.25) is 5.91 Å². The van der Waals surface area contributed by atoms with Crippen LogP contribution in [0.25, 0.3) is 0 Å². The van der Waals surface area contributed by atoms with Gasteiger partial charge in [-0.05, 0) is 55.2 Å². The number of hydrogen-bond acceptors (Lipinski definition) is 5. The maximum absolute atomic E-state index is 12.8. The molecule has 166 valence electrons. The van der Waals surface area contributed by atoms with Crippen molar-refractivity contribution in [3.05, 3.63) is 59.7 Å². The molecule has 2 aromatic carbocycles. The second-order valence-corrected chi connectivity index (χ2v) is 9.24. The fourth-order valence-electron chi connectivity index (χ4n) is 3.40. The quantitative estimate of drug-likeness (QED) is 0.565.